The van der Waals surface area contributed by atoms with Gasteiger partial charge in [0.25, 0.3) is 15.9 Å². The van der Waals surface area contributed by atoms with Crippen molar-refractivity contribution in [3.63, 3.8) is 0 Å². The van der Waals surface area contributed by atoms with Gasteiger partial charge in [-0.05, 0) is 49.2 Å². The molecule has 0 aromatic heterocycles. The van der Waals surface area contributed by atoms with Gasteiger partial charge in [-0.3, -0.25) is 14.3 Å². The summed E-state index contributed by atoms with van der Waals surface area (Å²) in [6.07, 6.45) is 0. The minimum Gasteiger partial charge on any atom is -0.339 e. The highest BCUT2D eigenvalue weighted by atomic mass is 32.2. The van der Waals surface area contributed by atoms with Crippen molar-refractivity contribution in [2.45, 2.75) is 25.7 Å². The predicted octanol–water partition coefficient (Wildman–Crippen LogP) is 2.41. The summed E-state index contributed by atoms with van der Waals surface area (Å²) in [4.78, 5) is 27.9. The average molecular weight is 416 g/mol. The van der Waals surface area contributed by atoms with Gasteiger partial charge in [0.1, 0.15) is 0 Å². The van der Waals surface area contributed by atoms with Gasteiger partial charge in [0.05, 0.1) is 4.90 Å². The van der Waals surface area contributed by atoms with Crippen LogP contribution in [0.5, 0.6) is 0 Å². The maximum absolute atomic E-state index is 12.8. The second-order valence-corrected chi connectivity index (χ2v) is 8.90. The fraction of sp³-hybridized carbons (Fsp3) is 0.333. The Morgan fingerprint density at radius 3 is 2.24 bits per heavy atom. The molecule has 29 heavy (non-hydrogen) atoms. The van der Waals surface area contributed by atoms with E-state index in [9.17, 15) is 18.0 Å². The molecular formula is C21H25N3O4S. The lowest BCUT2D eigenvalue weighted by Gasteiger charge is -2.34. The Bertz CT molecular complexity index is 1040. The molecule has 154 valence electrons. The number of carbonyl (C=O) groups is 2. The van der Waals surface area contributed by atoms with Crippen LogP contribution >= 0.6 is 0 Å². The summed E-state index contributed by atoms with van der Waals surface area (Å²) in [5.41, 5.74) is 2.24. The molecule has 1 fully saturated rings. The van der Waals surface area contributed by atoms with Crippen molar-refractivity contribution >= 4 is 27.5 Å². The largest absolute Gasteiger partial charge is 0.339 e. The van der Waals surface area contributed by atoms with Crippen LogP contribution in [0.4, 0.5) is 5.69 Å². The summed E-state index contributed by atoms with van der Waals surface area (Å²) in [5.74, 6) is -0.180. The highest BCUT2D eigenvalue weighted by Crippen LogP contribution is 2.22. The minimum atomic E-state index is -3.77. The molecular weight excluding hydrogens is 390 g/mol. The zero-order valence-corrected chi connectivity index (χ0v) is 17.6. The Morgan fingerprint density at radius 2 is 1.59 bits per heavy atom. The van der Waals surface area contributed by atoms with Crippen LogP contribution in [0.2, 0.25) is 0 Å². The first-order valence-corrected chi connectivity index (χ1v) is 10.9. The molecule has 8 heteroatoms. The Labute approximate surface area is 171 Å². The zero-order chi connectivity index (χ0) is 21.2. The first-order valence-electron chi connectivity index (χ1n) is 9.42. The van der Waals surface area contributed by atoms with E-state index in [0.717, 1.165) is 5.56 Å². The number of benzene rings is 2. The molecule has 2 amide bonds. The zero-order valence-electron chi connectivity index (χ0n) is 16.8. The van der Waals surface area contributed by atoms with Crippen LogP contribution in [0.15, 0.2) is 47.4 Å². The van der Waals surface area contributed by atoms with Crippen LogP contribution in [-0.4, -0.2) is 56.2 Å². The van der Waals surface area contributed by atoms with Crippen molar-refractivity contribution in [1.29, 1.82) is 0 Å². The van der Waals surface area contributed by atoms with E-state index < -0.39 is 10.0 Å². The van der Waals surface area contributed by atoms with Crippen LogP contribution in [-0.2, 0) is 14.8 Å². The number of rotatable bonds is 4. The number of nitrogens with zero attached hydrogens (tertiary/aromatic N) is 2. The van der Waals surface area contributed by atoms with Gasteiger partial charge in [0, 0.05) is 44.4 Å². The van der Waals surface area contributed by atoms with E-state index >= 15 is 0 Å². The summed E-state index contributed by atoms with van der Waals surface area (Å²) >= 11 is 0. The number of nitrogens with one attached hydrogen (secondary N) is 1. The van der Waals surface area contributed by atoms with Crippen LogP contribution in [0.1, 0.15) is 28.4 Å². The van der Waals surface area contributed by atoms with Gasteiger partial charge in [0.15, 0.2) is 0 Å². The number of piperazine rings is 1. The monoisotopic (exact) mass is 415 g/mol. The summed E-state index contributed by atoms with van der Waals surface area (Å²) in [6.45, 7) is 7.01. The van der Waals surface area contributed by atoms with E-state index in [-0.39, 0.29) is 16.7 Å². The molecule has 1 aliphatic rings. The predicted molar refractivity (Wildman–Crippen MR) is 111 cm³/mol. The Kier molecular flexibility index (Phi) is 5.93. The van der Waals surface area contributed by atoms with E-state index in [4.69, 9.17) is 0 Å². The van der Waals surface area contributed by atoms with Crippen LogP contribution in [0.3, 0.4) is 0 Å². The normalized spacial score (nSPS) is 14.6. The van der Waals surface area contributed by atoms with Crippen molar-refractivity contribution in [2.24, 2.45) is 0 Å². The third-order valence-corrected chi connectivity index (χ3v) is 6.53. The highest BCUT2D eigenvalue weighted by Gasteiger charge is 2.24. The van der Waals surface area contributed by atoms with Crippen molar-refractivity contribution in [2.75, 3.05) is 30.9 Å². The van der Waals surface area contributed by atoms with Gasteiger partial charge >= 0.3 is 0 Å². The number of hydrogen-bond donors (Lipinski definition) is 1. The van der Waals surface area contributed by atoms with Crippen LogP contribution in [0, 0.1) is 13.8 Å². The molecule has 0 bridgehead atoms. The molecule has 3 rings (SSSR count). The lowest BCUT2D eigenvalue weighted by Crippen LogP contribution is -2.50. The smallest absolute Gasteiger partial charge is 0.262 e. The summed E-state index contributed by atoms with van der Waals surface area (Å²) < 4.78 is 28.2. The third-order valence-electron chi connectivity index (χ3n) is 5.01. The fourth-order valence-electron chi connectivity index (χ4n) is 3.33. The van der Waals surface area contributed by atoms with Crippen molar-refractivity contribution in [1.82, 2.24) is 9.80 Å². The molecule has 0 unspecified atom stereocenters. The number of anilines is 1. The number of sulfonamides is 1. The van der Waals surface area contributed by atoms with Gasteiger partial charge in [0.2, 0.25) is 5.91 Å². The average Bonchev–Trinajstić information content (AvgIpc) is 2.69. The molecule has 0 spiro atoms. The number of amides is 2. The summed E-state index contributed by atoms with van der Waals surface area (Å²) in [5, 5.41) is 0. The second-order valence-electron chi connectivity index (χ2n) is 7.25. The van der Waals surface area contributed by atoms with E-state index in [0.29, 0.717) is 43.0 Å². The van der Waals surface area contributed by atoms with E-state index in [1.54, 1.807) is 53.1 Å². The Hall–Kier alpha value is -2.87. The topological polar surface area (TPSA) is 86.8 Å². The van der Waals surface area contributed by atoms with Crippen molar-refractivity contribution in [3.8, 4) is 0 Å². The lowest BCUT2D eigenvalue weighted by molar-refractivity contribution is -0.130. The molecule has 0 radical (unpaired) electrons. The van der Waals surface area contributed by atoms with Crippen molar-refractivity contribution in [3.05, 3.63) is 59.2 Å². The molecule has 1 N–H and O–H groups in total. The number of carbonyl (C=O) groups excluding carboxylic acids is 2. The van der Waals surface area contributed by atoms with E-state index in [1.165, 1.54) is 6.92 Å². The quantitative estimate of drug-likeness (QED) is 0.831. The molecule has 2 aromatic rings. The molecule has 0 saturated carbocycles. The first-order chi connectivity index (χ1) is 13.7. The Balaban J connectivity index is 1.77. The molecule has 0 aliphatic carbocycles. The SMILES string of the molecule is CC(=O)N1CCN(C(=O)c2cccc(NS(=O)(=O)c3cc(C)ccc3C)c2)CC1. The molecule has 7 nitrogen and oxygen atoms in total. The lowest BCUT2D eigenvalue weighted by atomic mass is 10.1. The van der Waals surface area contributed by atoms with Gasteiger partial charge in [-0.25, -0.2) is 8.42 Å². The summed E-state index contributed by atoms with van der Waals surface area (Å²) in [6, 6.07) is 11.7. The minimum absolute atomic E-state index is 0.0000508. The maximum atomic E-state index is 12.8. The van der Waals surface area contributed by atoms with Gasteiger partial charge < -0.3 is 9.80 Å². The van der Waals surface area contributed by atoms with Gasteiger partial charge in [-0.2, -0.15) is 0 Å². The van der Waals surface area contributed by atoms with Crippen LogP contribution in [0.25, 0.3) is 0 Å². The molecule has 1 heterocycles. The van der Waals surface area contributed by atoms with Gasteiger partial charge in [-0.15, -0.1) is 0 Å². The van der Waals surface area contributed by atoms with Crippen molar-refractivity contribution < 1.29 is 18.0 Å². The fourth-order valence-corrected chi connectivity index (χ4v) is 4.71. The second kappa shape index (κ2) is 8.24. The first kappa shape index (κ1) is 20.9. The molecule has 1 saturated heterocycles. The molecule has 1 aliphatic heterocycles. The highest BCUT2D eigenvalue weighted by molar-refractivity contribution is 7.92. The summed E-state index contributed by atoms with van der Waals surface area (Å²) in [7, 11) is -3.77. The third kappa shape index (κ3) is 4.76. The maximum Gasteiger partial charge on any atom is 0.262 e. The van der Waals surface area contributed by atoms with Crippen LogP contribution < -0.4 is 4.72 Å². The van der Waals surface area contributed by atoms with E-state index in [2.05, 4.69) is 4.72 Å². The number of hydrogen-bond acceptors (Lipinski definition) is 4. The Morgan fingerprint density at radius 1 is 0.931 bits per heavy atom. The molecule has 0 atom stereocenters. The number of aryl methyl sites for hydroxylation is 2. The van der Waals surface area contributed by atoms with Gasteiger partial charge in [-0.1, -0.05) is 18.2 Å². The standard InChI is InChI=1S/C21H25N3O4S/c1-15-7-8-16(2)20(13-15)29(27,28)22-19-6-4-5-18(14-19)21(26)24-11-9-23(10-12-24)17(3)25/h4-8,13-14,22H,9-12H2,1-3H3. The molecule has 2 aromatic carbocycles. The van der Waals surface area contributed by atoms with E-state index in [1.807, 2.05) is 13.0 Å².